The quantitative estimate of drug-likeness (QED) is 0.188. The summed E-state index contributed by atoms with van der Waals surface area (Å²) in [5, 5.41) is 0. The molecule has 2 aliphatic carbocycles. The number of hydrogen-bond acceptors (Lipinski definition) is 4. The third-order valence-electron chi connectivity index (χ3n) is 6.93. The van der Waals surface area contributed by atoms with Gasteiger partial charge in [-0.25, -0.2) is 0 Å². The summed E-state index contributed by atoms with van der Waals surface area (Å²) in [5.41, 5.74) is -1.03. The van der Waals surface area contributed by atoms with Crippen molar-refractivity contribution in [1.82, 2.24) is 0 Å². The van der Waals surface area contributed by atoms with Gasteiger partial charge in [0.2, 0.25) is 0 Å². The van der Waals surface area contributed by atoms with E-state index in [0.717, 1.165) is 51.4 Å². The Morgan fingerprint density at radius 3 is 1.00 bits per heavy atom. The molecule has 0 amide bonds. The summed E-state index contributed by atoms with van der Waals surface area (Å²) >= 11 is 0. The maximum atomic E-state index is 12.4. The van der Waals surface area contributed by atoms with Gasteiger partial charge in [0.25, 0.3) is 0 Å². The molecule has 2 fully saturated rings. The lowest BCUT2D eigenvalue weighted by atomic mass is 9.96. The van der Waals surface area contributed by atoms with Crippen molar-refractivity contribution in [3.63, 3.8) is 0 Å². The highest BCUT2D eigenvalue weighted by molar-refractivity contribution is 5.80. The van der Waals surface area contributed by atoms with Crippen LogP contribution in [0.5, 0.6) is 0 Å². The molecule has 0 radical (unpaired) electrons. The van der Waals surface area contributed by atoms with E-state index in [-0.39, 0.29) is 34.0 Å². The predicted octanol–water partition coefficient (Wildman–Crippen LogP) is 7.91. The van der Waals surface area contributed by atoms with Gasteiger partial charge in [-0.05, 0) is 80.1 Å². The van der Waals surface area contributed by atoms with Crippen molar-refractivity contribution in [2.24, 2.45) is 10.8 Å². The van der Waals surface area contributed by atoms with Crippen LogP contribution in [0.1, 0.15) is 144 Å². The molecule has 0 unspecified atom stereocenters. The summed E-state index contributed by atoms with van der Waals surface area (Å²) in [5.74, 6) is 0.0624. The molecule has 0 saturated heterocycles. The standard InChI is InChI=1S/C28H50O4/c1-25(2,3)31-23(29)27(19-20-27)17-15-13-11-9-7-8-10-12-14-16-18-28(21-22-28)24(30)32-26(4,5)6/h7-22H2,1-6H3. The first-order valence-corrected chi connectivity index (χ1v) is 13.3. The second-order valence-electron chi connectivity index (χ2n) is 12.6. The Labute approximate surface area is 197 Å². The third kappa shape index (κ3) is 9.83. The van der Waals surface area contributed by atoms with E-state index in [2.05, 4.69) is 0 Å². The molecule has 0 spiro atoms. The largest absolute Gasteiger partial charge is 0.460 e. The molecule has 4 heteroatoms. The van der Waals surface area contributed by atoms with Crippen LogP contribution in [0.15, 0.2) is 0 Å². The number of esters is 2. The molecule has 186 valence electrons. The van der Waals surface area contributed by atoms with Gasteiger partial charge in [0.1, 0.15) is 11.2 Å². The number of hydrogen-bond donors (Lipinski definition) is 0. The van der Waals surface area contributed by atoms with Gasteiger partial charge in [-0.1, -0.05) is 64.2 Å². The van der Waals surface area contributed by atoms with Gasteiger partial charge in [-0.15, -0.1) is 0 Å². The smallest absolute Gasteiger partial charge is 0.312 e. The topological polar surface area (TPSA) is 52.6 Å². The maximum absolute atomic E-state index is 12.4. The van der Waals surface area contributed by atoms with Crippen LogP contribution in [0.2, 0.25) is 0 Å². The van der Waals surface area contributed by atoms with Gasteiger partial charge in [0.05, 0.1) is 10.8 Å². The first-order chi connectivity index (χ1) is 14.9. The van der Waals surface area contributed by atoms with Crippen molar-refractivity contribution < 1.29 is 19.1 Å². The molecule has 0 bridgehead atoms. The van der Waals surface area contributed by atoms with Gasteiger partial charge in [0.15, 0.2) is 0 Å². The summed E-state index contributed by atoms with van der Waals surface area (Å²) in [6.07, 6.45) is 18.7. The lowest BCUT2D eigenvalue weighted by Crippen LogP contribution is -2.29. The first kappa shape index (κ1) is 27.2. The molecule has 0 heterocycles. The Hall–Kier alpha value is -1.06. The van der Waals surface area contributed by atoms with E-state index in [1.165, 1.54) is 51.4 Å². The molecule has 2 rings (SSSR count). The fourth-order valence-corrected chi connectivity index (χ4v) is 4.53. The van der Waals surface area contributed by atoms with Gasteiger partial charge in [-0.3, -0.25) is 9.59 Å². The van der Waals surface area contributed by atoms with Crippen molar-refractivity contribution in [1.29, 1.82) is 0 Å². The minimum absolute atomic E-state index is 0.0312. The highest BCUT2D eigenvalue weighted by Gasteiger charge is 2.52. The third-order valence-corrected chi connectivity index (χ3v) is 6.93. The minimum atomic E-state index is -0.371. The molecular weight excluding hydrogens is 400 g/mol. The maximum Gasteiger partial charge on any atom is 0.312 e. The van der Waals surface area contributed by atoms with Gasteiger partial charge in [0, 0.05) is 0 Å². The Morgan fingerprint density at radius 1 is 0.531 bits per heavy atom. The molecule has 0 N–H and O–H groups in total. The van der Waals surface area contributed by atoms with E-state index >= 15 is 0 Å². The normalized spacial score (nSPS) is 18.8. The van der Waals surface area contributed by atoms with Gasteiger partial charge >= 0.3 is 11.9 Å². The highest BCUT2D eigenvalue weighted by atomic mass is 16.6. The predicted molar refractivity (Wildman–Crippen MR) is 130 cm³/mol. The fourth-order valence-electron chi connectivity index (χ4n) is 4.53. The van der Waals surface area contributed by atoms with Gasteiger partial charge in [-0.2, -0.15) is 0 Å². The zero-order valence-corrected chi connectivity index (χ0v) is 21.9. The summed E-state index contributed by atoms with van der Waals surface area (Å²) < 4.78 is 11.2. The Kier molecular flexibility index (Phi) is 9.67. The van der Waals surface area contributed by atoms with E-state index in [1.807, 2.05) is 41.5 Å². The average molecular weight is 451 g/mol. The van der Waals surface area contributed by atoms with Crippen LogP contribution in [-0.4, -0.2) is 23.1 Å². The summed E-state index contributed by atoms with van der Waals surface area (Å²) in [4.78, 5) is 24.7. The van der Waals surface area contributed by atoms with Crippen molar-refractivity contribution >= 4 is 11.9 Å². The van der Waals surface area contributed by atoms with Crippen LogP contribution < -0.4 is 0 Å². The van der Waals surface area contributed by atoms with Crippen LogP contribution in [-0.2, 0) is 19.1 Å². The Morgan fingerprint density at radius 2 is 0.781 bits per heavy atom. The lowest BCUT2D eigenvalue weighted by molar-refractivity contribution is -0.163. The van der Waals surface area contributed by atoms with Crippen LogP contribution >= 0.6 is 0 Å². The molecule has 0 aromatic heterocycles. The summed E-state index contributed by atoms with van der Waals surface area (Å²) in [6.45, 7) is 11.7. The van der Waals surface area contributed by atoms with Crippen LogP contribution in [0, 0.1) is 10.8 Å². The van der Waals surface area contributed by atoms with E-state index in [0.29, 0.717) is 0 Å². The highest BCUT2D eigenvalue weighted by Crippen LogP contribution is 2.52. The van der Waals surface area contributed by atoms with Crippen LogP contribution in [0.25, 0.3) is 0 Å². The fraction of sp³-hybridized carbons (Fsp3) is 0.929. The van der Waals surface area contributed by atoms with E-state index in [4.69, 9.17) is 9.47 Å². The number of rotatable bonds is 15. The monoisotopic (exact) mass is 450 g/mol. The van der Waals surface area contributed by atoms with Gasteiger partial charge < -0.3 is 9.47 Å². The molecule has 2 saturated carbocycles. The Bertz CT molecular complexity index is 546. The number of carbonyl (C=O) groups is 2. The second kappa shape index (κ2) is 11.4. The SMILES string of the molecule is CC(C)(C)OC(=O)C1(CCCCCCCCCCCCC2(C(=O)OC(C)(C)C)CC2)CC1. The zero-order chi connectivity index (χ0) is 23.9. The van der Waals surface area contributed by atoms with Crippen molar-refractivity contribution in [3.05, 3.63) is 0 Å². The Balaban J connectivity index is 1.40. The van der Waals surface area contributed by atoms with Crippen LogP contribution in [0.4, 0.5) is 0 Å². The van der Waals surface area contributed by atoms with E-state index in [9.17, 15) is 9.59 Å². The summed E-state index contributed by atoms with van der Waals surface area (Å²) in [6, 6.07) is 0. The average Bonchev–Trinajstić information content (AvgIpc) is 3.55. The number of ether oxygens (including phenoxy) is 2. The van der Waals surface area contributed by atoms with E-state index < -0.39 is 0 Å². The van der Waals surface area contributed by atoms with Crippen molar-refractivity contribution in [3.8, 4) is 0 Å². The van der Waals surface area contributed by atoms with Crippen molar-refractivity contribution in [2.45, 2.75) is 155 Å². The van der Waals surface area contributed by atoms with Crippen molar-refractivity contribution in [2.75, 3.05) is 0 Å². The van der Waals surface area contributed by atoms with E-state index in [1.54, 1.807) is 0 Å². The molecular formula is C28H50O4. The molecule has 32 heavy (non-hydrogen) atoms. The number of unbranched alkanes of at least 4 members (excludes halogenated alkanes) is 9. The number of carbonyl (C=O) groups excluding carboxylic acids is 2. The molecule has 0 aromatic rings. The molecule has 0 atom stereocenters. The zero-order valence-electron chi connectivity index (χ0n) is 21.9. The minimum Gasteiger partial charge on any atom is -0.460 e. The summed E-state index contributed by atoms with van der Waals surface area (Å²) in [7, 11) is 0. The molecule has 4 nitrogen and oxygen atoms in total. The second-order valence-corrected chi connectivity index (χ2v) is 12.6. The molecule has 0 aromatic carbocycles. The lowest BCUT2D eigenvalue weighted by Gasteiger charge is -2.23. The molecule has 0 aliphatic heterocycles. The first-order valence-electron chi connectivity index (χ1n) is 13.3. The van der Waals surface area contributed by atoms with Crippen LogP contribution in [0.3, 0.4) is 0 Å². The molecule has 2 aliphatic rings.